The summed E-state index contributed by atoms with van der Waals surface area (Å²) < 4.78 is 38.3. The highest BCUT2D eigenvalue weighted by Gasteiger charge is 2.29. The zero-order valence-corrected chi connectivity index (χ0v) is 16.0. The summed E-state index contributed by atoms with van der Waals surface area (Å²) in [6, 6.07) is 13.9. The van der Waals surface area contributed by atoms with Crippen molar-refractivity contribution in [3.8, 4) is 5.75 Å². The van der Waals surface area contributed by atoms with Gasteiger partial charge in [-0.25, -0.2) is 13.1 Å². The van der Waals surface area contributed by atoms with Gasteiger partial charge in [0.2, 0.25) is 10.0 Å². The van der Waals surface area contributed by atoms with Crippen molar-refractivity contribution in [2.75, 3.05) is 31.7 Å². The van der Waals surface area contributed by atoms with Crippen LogP contribution in [-0.2, 0) is 19.6 Å². The van der Waals surface area contributed by atoms with Crippen LogP contribution in [0.4, 0.5) is 5.69 Å². The van der Waals surface area contributed by atoms with Gasteiger partial charge in [-0.15, -0.1) is 0 Å². The first-order valence-electron chi connectivity index (χ1n) is 8.52. The molecule has 0 spiro atoms. The Kier molecular flexibility index (Phi) is 5.79. The van der Waals surface area contributed by atoms with Crippen LogP contribution >= 0.6 is 0 Å². The van der Waals surface area contributed by atoms with Gasteiger partial charge >= 0.3 is 0 Å². The fourth-order valence-electron chi connectivity index (χ4n) is 2.90. The molecule has 0 radical (unpaired) electrons. The largest absolute Gasteiger partial charge is 0.497 e. The number of benzene rings is 2. The van der Waals surface area contributed by atoms with E-state index in [0.29, 0.717) is 11.3 Å². The van der Waals surface area contributed by atoms with Crippen molar-refractivity contribution in [2.24, 2.45) is 0 Å². The van der Waals surface area contributed by atoms with Crippen molar-refractivity contribution in [1.82, 2.24) is 4.72 Å². The van der Waals surface area contributed by atoms with E-state index in [1.807, 2.05) is 0 Å². The third-order valence-corrected chi connectivity index (χ3v) is 5.98. The van der Waals surface area contributed by atoms with Gasteiger partial charge in [0, 0.05) is 12.2 Å². The monoisotopic (exact) mass is 390 g/mol. The third kappa shape index (κ3) is 4.47. The Balaban J connectivity index is 1.67. The highest BCUT2D eigenvalue weighted by Crippen LogP contribution is 2.22. The summed E-state index contributed by atoms with van der Waals surface area (Å²) in [5, 5.41) is 0. The lowest BCUT2D eigenvalue weighted by molar-refractivity contribution is -0.129. The third-order valence-electron chi connectivity index (χ3n) is 4.40. The van der Waals surface area contributed by atoms with Crippen molar-refractivity contribution in [3.05, 3.63) is 54.1 Å². The first-order valence-corrected chi connectivity index (χ1v) is 10.0. The van der Waals surface area contributed by atoms with E-state index in [1.165, 1.54) is 0 Å². The van der Waals surface area contributed by atoms with Crippen molar-refractivity contribution in [2.45, 2.75) is 17.9 Å². The molecule has 0 saturated carbocycles. The molecule has 0 aliphatic carbocycles. The van der Waals surface area contributed by atoms with E-state index < -0.39 is 16.1 Å². The molecule has 0 aromatic heterocycles. The standard InChI is InChI=1S/C19H22N2O5S/c1-14-5-3-4-6-18(14)27(23,24)20-11-17-12-21(19(22)13-26-17)15-7-9-16(25-2)10-8-15/h3-10,17,20H,11-13H2,1-2H3. The van der Waals surface area contributed by atoms with Crippen LogP contribution in [0.25, 0.3) is 0 Å². The summed E-state index contributed by atoms with van der Waals surface area (Å²) >= 11 is 0. The predicted octanol–water partition coefficient (Wildman–Crippen LogP) is 1.71. The first-order chi connectivity index (χ1) is 12.9. The van der Waals surface area contributed by atoms with E-state index in [0.717, 1.165) is 5.69 Å². The number of aryl methyl sites for hydroxylation is 1. The van der Waals surface area contributed by atoms with Gasteiger partial charge < -0.3 is 14.4 Å². The molecule has 1 aliphatic rings. The number of sulfonamides is 1. The number of ether oxygens (including phenoxy) is 2. The van der Waals surface area contributed by atoms with Crippen LogP contribution in [0, 0.1) is 6.92 Å². The Morgan fingerprint density at radius 2 is 1.89 bits per heavy atom. The number of hydrogen-bond acceptors (Lipinski definition) is 5. The zero-order valence-electron chi connectivity index (χ0n) is 15.2. The maximum atomic E-state index is 12.5. The summed E-state index contributed by atoms with van der Waals surface area (Å²) in [5.74, 6) is 0.528. The average Bonchev–Trinajstić information content (AvgIpc) is 2.68. The van der Waals surface area contributed by atoms with Gasteiger partial charge in [-0.2, -0.15) is 0 Å². The van der Waals surface area contributed by atoms with Gasteiger partial charge in [-0.1, -0.05) is 18.2 Å². The van der Waals surface area contributed by atoms with E-state index in [4.69, 9.17) is 9.47 Å². The lowest BCUT2D eigenvalue weighted by atomic mass is 10.2. The van der Waals surface area contributed by atoms with Crippen LogP contribution in [-0.4, -0.2) is 47.2 Å². The summed E-state index contributed by atoms with van der Waals surface area (Å²) in [4.78, 5) is 14.0. The molecule has 1 atom stereocenters. The quantitative estimate of drug-likeness (QED) is 0.812. The number of amides is 1. The Bertz CT molecular complexity index is 912. The fraction of sp³-hybridized carbons (Fsp3) is 0.316. The second-order valence-corrected chi connectivity index (χ2v) is 7.99. The molecule has 1 heterocycles. The molecule has 7 nitrogen and oxygen atoms in total. The molecule has 2 aromatic rings. The van der Waals surface area contributed by atoms with Crippen LogP contribution in [0.5, 0.6) is 5.75 Å². The van der Waals surface area contributed by atoms with E-state index in [1.54, 1.807) is 67.5 Å². The molecule has 2 aromatic carbocycles. The summed E-state index contributed by atoms with van der Waals surface area (Å²) in [6.45, 7) is 2.00. The van der Waals surface area contributed by atoms with Crippen LogP contribution in [0.15, 0.2) is 53.4 Å². The number of hydrogen-bond donors (Lipinski definition) is 1. The predicted molar refractivity (Wildman–Crippen MR) is 101 cm³/mol. The maximum absolute atomic E-state index is 12.5. The Morgan fingerprint density at radius 1 is 1.19 bits per heavy atom. The van der Waals surface area contributed by atoms with Crippen molar-refractivity contribution in [3.63, 3.8) is 0 Å². The van der Waals surface area contributed by atoms with Gasteiger partial charge in [0.25, 0.3) is 5.91 Å². The number of morpholine rings is 1. The average molecular weight is 390 g/mol. The number of rotatable bonds is 6. The number of methoxy groups -OCH3 is 1. The van der Waals surface area contributed by atoms with Gasteiger partial charge in [0.15, 0.2) is 0 Å². The normalized spacial score (nSPS) is 17.8. The van der Waals surface area contributed by atoms with Crippen molar-refractivity contribution < 1.29 is 22.7 Å². The minimum Gasteiger partial charge on any atom is -0.497 e. The Hall–Kier alpha value is -2.42. The summed E-state index contributed by atoms with van der Waals surface area (Å²) in [6.07, 6.45) is -0.441. The topological polar surface area (TPSA) is 84.9 Å². The summed E-state index contributed by atoms with van der Waals surface area (Å²) in [5.41, 5.74) is 1.39. The number of nitrogens with zero attached hydrogens (tertiary/aromatic N) is 1. The molecular formula is C19H22N2O5S. The molecule has 1 fully saturated rings. The van der Waals surface area contributed by atoms with Crippen LogP contribution in [0.3, 0.4) is 0 Å². The second kappa shape index (κ2) is 8.08. The smallest absolute Gasteiger partial charge is 0.253 e. The van der Waals surface area contributed by atoms with E-state index in [9.17, 15) is 13.2 Å². The minimum absolute atomic E-state index is 0.0800. The maximum Gasteiger partial charge on any atom is 0.253 e. The number of carbonyl (C=O) groups excluding carboxylic acids is 1. The molecule has 3 rings (SSSR count). The fourth-order valence-corrected chi connectivity index (χ4v) is 4.21. The number of nitrogens with one attached hydrogen (secondary N) is 1. The minimum atomic E-state index is -3.64. The highest BCUT2D eigenvalue weighted by molar-refractivity contribution is 7.89. The molecule has 1 amide bonds. The SMILES string of the molecule is COc1ccc(N2CC(CNS(=O)(=O)c3ccccc3C)OCC2=O)cc1. The molecular weight excluding hydrogens is 368 g/mol. The van der Waals surface area contributed by atoms with E-state index in [-0.39, 0.29) is 30.5 Å². The Labute approximate surface area is 158 Å². The molecule has 0 bridgehead atoms. The molecule has 1 saturated heterocycles. The van der Waals surface area contributed by atoms with Gasteiger partial charge in [0.1, 0.15) is 12.4 Å². The van der Waals surface area contributed by atoms with Gasteiger partial charge in [-0.3, -0.25) is 4.79 Å². The first kappa shape index (κ1) is 19.3. The summed E-state index contributed by atoms with van der Waals surface area (Å²) in [7, 11) is -2.07. The molecule has 27 heavy (non-hydrogen) atoms. The highest BCUT2D eigenvalue weighted by atomic mass is 32.2. The van der Waals surface area contributed by atoms with Crippen LogP contribution in [0.2, 0.25) is 0 Å². The van der Waals surface area contributed by atoms with Crippen molar-refractivity contribution >= 4 is 21.6 Å². The van der Waals surface area contributed by atoms with Crippen molar-refractivity contribution in [1.29, 1.82) is 0 Å². The number of anilines is 1. The zero-order chi connectivity index (χ0) is 19.4. The van der Waals surface area contributed by atoms with Gasteiger partial charge in [0.05, 0.1) is 24.7 Å². The molecule has 1 unspecified atom stereocenters. The Morgan fingerprint density at radius 3 is 2.56 bits per heavy atom. The molecule has 1 N–H and O–H groups in total. The lowest BCUT2D eigenvalue weighted by Crippen LogP contribution is -2.50. The van der Waals surface area contributed by atoms with E-state index in [2.05, 4.69) is 4.72 Å². The van der Waals surface area contributed by atoms with Gasteiger partial charge in [-0.05, 0) is 42.8 Å². The molecule has 144 valence electrons. The van der Waals surface area contributed by atoms with Crippen LogP contribution < -0.4 is 14.4 Å². The number of carbonyl (C=O) groups is 1. The van der Waals surface area contributed by atoms with E-state index >= 15 is 0 Å². The molecule has 8 heteroatoms. The molecule has 1 aliphatic heterocycles. The van der Waals surface area contributed by atoms with Crippen LogP contribution in [0.1, 0.15) is 5.56 Å². The lowest BCUT2D eigenvalue weighted by Gasteiger charge is -2.33. The second-order valence-electron chi connectivity index (χ2n) is 6.25.